The fraction of sp³-hybridized carbons (Fsp3) is 0.600. The predicted octanol–water partition coefficient (Wildman–Crippen LogP) is 2.45. The van der Waals surface area contributed by atoms with E-state index in [1.165, 1.54) is 12.8 Å². The van der Waals surface area contributed by atoms with Crippen molar-refractivity contribution in [1.82, 2.24) is 14.8 Å². The predicted molar refractivity (Wildman–Crippen MR) is 58.6 cm³/mol. The lowest BCUT2D eigenvalue weighted by Crippen LogP contribution is -2.02. The van der Waals surface area contributed by atoms with Crippen molar-refractivity contribution in [1.29, 1.82) is 0 Å². The highest BCUT2D eigenvalue weighted by Crippen LogP contribution is 2.39. The zero-order chi connectivity index (χ0) is 9.97. The van der Waals surface area contributed by atoms with Crippen molar-refractivity contribution < 1.29 is 0 Å². The van der Waals surface area contributed by atoms with Crippen LogP contribution >= 0.6 is 11.8 Å². The second kappa shape index (κ2) is 4.17. The normalized spacial score (nSPS) is 15.8. The molecule has 0 unspecified atom stereocenters. The summed E-state index contributed by atoms with van der Waals surface area (Å²) in [6.07, 6.45) is 4.45. The van der Waals surface area contributed by atoms with E-state index in [0.717, 1.165) is 23.3 Å². The molecule has 1 fully saturated rings. The summed E-state index contributed by atoms with van der Waals surface area (Å²) in [5.74, 6) is 2.86. The van der Waals surface area contributed by atoms with Crippen molar-refractivity contribution in [2.75, 3.05) is 5.75 Å². The van der Waals surface area contributed by atoms with Crippen LogP contribution in [0.5, 0.6) is 0 Å². The Bertz CT molecular complexity index is 328. The molecule has 0 aliphatic heterocycles. The fourth-order valence-corrected chi connectivity index (χ4v) is 2.16. The summed E-state index contributed by atoms with van der Waals surface area (Å²) < 4.78 is 2.19. The molecule has 0 saturated heterocycles. The lowest BCUT2D eigenvalue weighted by atomic mass is 10.4. The minimum atomic E-state index is 0.661. The topological polar surface area (TPSA) is 30.7 Å². The maximum absolute atomic E-state index is 4.26. The van der Waals surface area contributed by atoms with Gasteiger partial charge in [0.05, 0.1) is 0 Å². The van der Waals surface area contributed by atoms with Crippen LogP contribution < -0.4 is 0 Å². The van der Waals surface area contributed by atoms with E-state index in [4.69, 9.17) is 0 Å². The van der Waals surface area contributed by atoms with Crippen molar-refractivity contribution in [3.63, 3.8) is 0 Å². The number of thioether (sulfide) groups is 1. The minimum Gasteiger partial charge on any atom is -0.302 e. The Labute approximate surface area is 88.6 Å². The number of rotatable bonds is 5. The summed E-state index contributed by atoms with van der Waals surface area (Å²) >= 11 is 1.75. The van der Waals surface area contributed by atoms with E-state index in [1.54, 1.807) is 11.8 Å². The molecule has 1 saturated carbocycles. The van der Waals surface area contributed by atoms with E-state index in [0.29, 0.717) is 5.92 Å². The van der Waals surface area contributed by atoms with Gasteiger partial charge in [-0.1, -0.05) is 24.8 Å². The molecule has 0 spiro atoms. The van der Waals surface area contributed by atoms with Gasteiger partial charge in [0.25, 0.3) is 0 Å². The summed E-state index contributed by atoms with van der Waals surface area (Å²) in [6.45, 7) is 6.74. The zero-order valence-corrected chi connectivity index (χ0v) is 9.26. The van der Waals surface area contributed by atoms with Gasteiger partial charge in [-0.15, -0.1) is 16.8 Å². The summed E-state index contributed by atoms with van der Waals surface area (Å²) in [5, 5.41) is 9.51. The molecule has 1 aliphatic carbocycles. The molecule has 0 radical (unpaired) electrons. The molecule has 1 heterocycles. The molecule has 0 bridgehead atoms. The number of hydrogen-bond donors (Lipinski definition) is 0. The van der Waals surface area contributed by atoms with Crippen molar-refractivity contribution in [3.05, 3.63) is 18.5 Å². The van der Waals surface area contributed by atoms with E-state index in [9.17, 15) is 0 Å². The van der Waals surface area contributed by atoms with Crippen LogP contribution in [0.2, 0.25) is 0 Å². The Morgan fingerprint density at radius 2 is 2.36 bits per heavy atom. The van der Waals surface area contributed by atoms with Crippen LogP contribution in [0.15, 0.2) is 17.8 Å². The molecule has 1 aromatic heterocycles. The Kier molecular flexibility index (Phi) is 2.91. The smallest absolute Gasteiger partial charge is 0.191 e. The first-order chi connectivity index (χ1) is 6.86. The lowest BCUT2D eigenvalue weighted by molar-refractivity contribution is 0.681. The Morgan fingerprint density at radius 1 is 1.57 bits per heavy atom. The maximum Gasteiger partial charge on any atom is 0.191 e. The highest BCUT2D eigenvalue weighted by Gasteiger charge is 2.29. The van der Waals surface area contributed by atoms with Crippen LogP contribution in [-0.2, 0) is 6.54 Å². The average molecular weight is 209 g/mol. The molecule has 0 N–H and O–H groups in total. The first-order valence-corrected chi connectivity index (χ1v) is 6.02. The van der Waals surface area contributed by atoms with Crippen molar-refractivity contribution in [3.8, 4) is 0 Å². The highest BCUT2D eigenvalue weighted by molar-refractivity contribution is 7.99. The highest BCUT2D eigenvalue weighted by atomic mass is 32.2. The molecule has 3 nitrogen and oxygen atoms in total. The van der Waals surface area contributed by atoms with E-state index in [1.807, 2.05) is 6.08 Å². The Balaban J connectivity index is 2.25. The van der Waals surface area contributed by atoms with Gasteiger partial charge in [-0.3, -0.25) is 0 Å². The van der Waals surface area contributed by atoms with Gasteiger partial charge in [0, 0.05) is 12.5 Å². The average Bonchev–Trinajstić information content (AvgIpc) is 2.94. The first kappa shape index (κ1) is 9.77. The van der Waals surface area contributed by atoms with Gasteiger partial charge in [0.1, 0.15) is 5.82 Å². The van der Waals surface area contributed by atoms with Crippen LogP contribution in [0.3, 0.4) is 0 Å². The van der Waals surface area contributed by atoms with E-state index >= 15 is 0 Å². The molecule has 2 rings (SSSR count). The zero-order valence-electron chi connectivity index (χ0n) is 8.44. The van der Waals surface area contributed by atoms with Gasteiger partial charge in [-0.2, -0.15) is 0 Å². The number of nitrogens with zero attached hydrogens (tertiary/aromatic N) is 3. The molecule has 0 aromatic carbocycles. The Hall–Kier alpha value is -0.770. The first-order valence-electron chi connectivity index (χ1n) is 5.03. The third kappa shape index (κ3) is 1.85. The summed E-state index contributed by atoms with van der Waals surface area (Å²) in [4.78, 5) is 0. The van der Waals surface area contributed by atoms with Gasteiger partial charge in [-0.05, 0) is 18.6 Å². The standard InChI is InChI=1S/C10H15N3S/c1-3-7-13-9(8-5-6-8)11-12-10(13)14-4-2/h3,8H,1,4-7H2,2H3. The van der Waals surface area contributed by atoms with Crippen LogP contribution in [0.25, 0.3) is 0 Å². The quantitative estimate of drug-likeness (QED) is 0.551. The molecule has 0 amide bonds. The molecule has 0 atom stereocenters. The molecule has 1 aliphatic rings. The van der Waals surface area contributed by atoms with E-state index in [2.05, 4.69) is 28.3 Å². The Morgan fingerprint density at radius 3 is 2.93 bits per heavy atom. The summed E-state index contributed by atoms with van der Waals surface area (Å²) in [5.41, 5.74) is 0. The maximum atomic E-state index is 4.26. The van der Waals surface area contributed by atoms with Crippen LogP contribution in [0.1, 0.15) is 31.5 Å². The number of allylic oxidation sites excluding steroid dienone is 1. The summed E-state index contributed by atoms with van der Waals surface area (Å²) in [7, 11) is 0. The second-order valence-electron chi connectivity index (χ2n) is 3.45. The van der Waals surface area contributed by atoms with Crippen LogP contribution in [0.4, 0.5) is 0 Å². The van der Waals surface area contributed by atoms with Gasteiger partial charge in [0.15, 0.2) is 5.16 Å². The van der Waals surface area contributed by atoms with Crippen molar-refractivity contribution in [2.45, 2.75) is 37.4 Å². The molecule has 1 aromatic rings. The lowest BCUT2D eigenvalue weighted by Gasteiger charge is -2.05. The molecule has 76 valence electrons. The fourth-order valence-electron chi connectivity index (χ4n) is 1.48. The monoisotopic (exact) mass is 209 g/mol. The molecule has 14 heavy (non-hydrogen) atoms. The van der Waals surface area contributed by atoms with Crippen molar-refractivity contribution in [2.24, 2.45) is 0 Å². The van der Waals surface area contributed by atoms with E-state index < -0.39 is 0 Å². The third-order valence-electron chi connectivity index (χ3n) is 2.27. The molecule has 4 heteroatoms. The van der Waals surface area contributed by atoms with Gasteiger partial charge < -0.3 is 4.57 Å². The van der Waals surface area contributed by atoms with E-state index in [-0.39, 0.29) is 0 Å². The third-order valence-corrected chi connectivity index (χ3v) is 3.12. The summed E-state index contributed by atoms with van der Waals surface area (Å²) in [6, 6.07) is 0. The molecular formula is C10H15N3S. The van der Waals surface area contributed by atoms with Crippen molar-refractivity contribution >= 4 is 11.8 Å². The largest absolute Gasteiger partial charge is 0.302 e. The SMILES string of the molecule is C=CCn1c(SCC)nnc1C1CC1. The second-order valence-corrected chi connectivity index (χ2v) is 4.68. The number of aromatic nitrogens is 3. The van der Waals surface area contributed by atoms with Gasteiger partial charge in [0.2, 0.25) is 0 Å². The minimum absolute atomic E-state index is 0.661. The van der Waals surface area contributed by atoms with Crippen LogP contribution in [-0.4, -0.2) is 20.5 Å². The molecular weight excluding hydrogens is 194 g/mol. The number of hydrogen-bond acceptors (Lipinski definition) is 3. The van der Waals surface area contributed by atoms with Gasteiger partial charge in [-0.25, -0.2) is 0 Å². The van der Waals surface area contributed by atoms with Crippen LogP contribution in [0, 0.1) is 0 Å². The van der Waals surface area contributed by atoms with Gasteiger partial charge >= 0.3 is 0 Å².